The number of hydrogen-bond donors (Lipinski definition) is 2. The number of H-pyrrole nitrogens is 1. The summed E-state index contributed by atoms with van der Waals surface area (Å²) in [5.41, 5.74) is 8.73. The van der Waals surface area contributed by atoms with Gasteiger partial charge in [-0.3, -0.25) is 4.98 Å². The summed E-state index contributed by atoms with van der Waals surface area (Å²) in [4.78, 5) is 15.5. The summed E-state index contributed by atoms with van der Waals surface area (Å²) < 4.78 is 5.21. The molecule has 0 amide bonds. The number of nitrogens with two attached hydrogens (primary N) is 1. The molecule has 0 fully saturated rings. The van der Waals surface area contributed by atoms with Crippen LogP contribution in [0.15, 0.2) is 35.4 Å². The van der Waals surface area contributed by atoms with Crippen LogP contribution in [0.1, 0.15) is 23.2 Å². The van der Waals surface area contributed by atoms with Crippen LogP contribution in [0.25, 0.3) is 11.5 Å². The number of aromatic nitrogens is 5. The minimum atomic E-state index is -0.374. The molecule has 3 aromatic heterocycles. The van der Waals surface area contributed by atoms with Crippen LogP contribution in [0.3, 0.4) is 0 Å². The minimum Gasteiger partial charge on any atom is -0.348 e. The maximum Gasteiger partial charge on any atom is 0.244 e. The number of aryl methyl sites for hydroxylation is 1. The van der Waals surface area contributed by atoms with Crippen molar-refractivity contribution in [1.29, 1.82) is 0 Å². The first kappa shape index (κ1) is 12.5. The van der Waals surface area contributed by atoms with E-state index in [0.717, 1.165) is 11.3 Å². The predicted molar refractivity (Wildman–Crippen MR) is 71.5 cm³/mol. The van der Waals surface area contributed by atoms with Crippen molar-refractivity contribution < 1.29 is 4.52 Å². The Morgan fingerprint density at radius 1 is 1.45 bits per heavy atom. The second-order valence-corrected chi connectivity index (χ2v) is 4.56. The molecule has 7 heteroatoms. The molecule has 0 aliphatic carbocycles. The Labute approximate surface area is 115 Å². The van der Waals surface area contributed by atoms with E-state index in [1.165, 1.54) is 0 Å². The Bertz CT molecular complexity index is 690. The molecule has 102 valence electrons. The average molecular weight is 270 g/mol. The second kappa shape index (κ2) is 5.22. The molecule has 0 bridgehead atoms. The highest BCUT2D eigenvalue weighted by atomic mass is 16.5. The standard InChI is InChI=1S/C13H14N6O/c1-8-2-3-16-11(4-8)12-18-13(20-19-12)10(14)5-9-6-15-7-17-9/h2-4,6-7,10H,5,14H2,1H3,(H,15,17). The molecule has 3 heterocycles. The second-order valence-electron chi connectivity index (χ2n) is 4.56. The summed E-state index contributed by atoms with van der Waals surface area (Å²) in [5, 5.41) is 3.92. The number of aromatic amines is 1. The van der Waals surface area contributed by atoms with Gasteiger partial charge in [-0.05, 0) is 24.6 Å². The Balaban J connectivity index is 1.79. The Morgan fingerprint density at radius 3 is 3.10 bits per heavy atom. The number of pyridine rings is 1. The van der Waals surface area contributed by atoms with Crippen LogP contribution in [0, 0.1) is 6.92 Å². The van der Waals surface area contributed by atoms with Gasteiger partial charge in [0.1, 0.15) is 5.69 Å². The van der Waals surface area contributed by atoms with E-state index < -0.39 is 0 Å². The molecular formula is C13H14N6O. The van der Waals surface area contributed by atoms with Gasteiger partial charge in [0.15, 0.2) is 0 Å². The molecular weight excluding hydrogens is 256 g/mol. The van der Waals surface area contributed by atoms with Crippen LogP contribution in [-0.2, 0) is 6.42 Å². The van der Waals surface area contributed by atoms with Crippen LogP contribution in [0.5, 0.6) is 0 Å². The number of nitrogens with one attached hydrogen (secondary N) is 1. The lowest BCUT2D eigenvalue weighted by Gasteiger charge is -2.03. The summed E-state index contributed by atoms with van der Waals surface area (Å²) in [6.07, 6.45) is 5.60. The molecule has 1 unspecified atom stereocenters. The van der Waals surface area contributed by atoms with Crippen molar-refractivity contribution >= 4 is 0 Å². The Morgan fingerprint density at radius 2 is 2.35 bits per heavy atom. The Kier molecular flexibility index (Phi) is 3.26. The van der Waals surface area contributed by atoms with E-state index in [-0.39, 0.29) is 6.04 Å². The summed E-state index contributed by atoms with van der Waals surface area (Å²) >= 11 is 0. The van der Waals surface area contributed by atoms with E-state index in [2.05, 4.69) is 25.1 Å². The highest BCUT2D eigenvalue weighted by molar-refractivity contribution is 5.48. The van der Waals surface area contributed by atoms with Crippen molar-refractivity contribution in [1.82, 2.24) is 25.1 Å². The third-order valence-electron chi connectivity index (χ3n) is 2.90. The van der Waals surface area contributed by atoms with Gasteiger partial charge < -0.3 is 15.2 Å². The molecule has 0 aliphatic heterocycles. The van der Waals surface area contributed by atoms with Gasteiger partial charge in [0.2, 0.25) is 11.7 Å². The van der Waals surface area contributed by atoms with Crippen LogP contribution in [0.4, 0.5) is 0 Å². The van der Waals surface area contributed by atoms with Gasteiger partial charge in [0.05, 0.1) is 12.4 Å². The normalized spacial score (nSPS) is 12.5. The zero-order chi connectivity index (χ0) is 13.9. The summed E-state index contributed by atoms with van der Waals surface area (Å²) in [7, 11) is 0. The zero-order valence-electron chi connectivity index (χ0n) is 10.9. The molecule has 0 aliphatic rings. The van der Waals surface area contributed by atoms with Gasteiger partial charge in [0, 0.05) is 24.5 Å². The van der Waals surface area contributed by atoms with Gasteiger partial charge in [-0.25, -0.2) is 4.98 Å². The number of hydrogen-bond acceptors (Lipinski definition) is 6. The fraction of sp³-hybridized carbons (Fsp3) is 0.231. The molecule has 0 radical (unpaired) electrons. The van der Waals surface area contributed by atoms with Gasteiger partial charge in [-0.15, -0.1) is 0 Å². The van der Waals surface area contributed by atoms with E-state index in [9.17, 15) is 0 Å². The van der Waals surface area contributed by atoms with Gasteiger partial charge in [0.25, 0.3) is 0 Å². The molecule has 7 nitrogen and oxygen atoms in total. The van der Waals surface area contributed by atoms with Gasteiger partial charge in [-0.2, -0.15) is 4.98 Å². The van der Waals surface area contributed by atoms with E-state index in [1.807, 2.05) is 19.1 Å². The fourth-order valence-corrected chi connectivity index (χ4v) is 1.87. The maximum atomic E-state index is 6.04. The predicted octanol–water partition coefficient (Wildman–Crippen LogP) is 1.41. The van der Waals surface area contributed by atoms with Crippen molar-refractivity contribution in [2.24, 2.45) is 5.73 Å². The quantitative estimate of drug-likeness (QED) is 0.742. The molecule has 1 atom stereocenters. The van der Waals surface area contributed by atoms with E-state index in [0.29, 0.717) is 23.8 Å². The zero-order valence-corrected chi connectivity index (χ0v) is 10.9. The van der Waals surface area contributed by atoms with E-state index in [4.69, 9.17) is 10.3 Å². The van der Waals surface area contributed by atoms with E-state index >= 15 is 0 Å². The highest BCUT2D eigenvalue weighted by Crippen LogP contribution is 2.18. The lowest BCUT2D eigenvalue weighted by molar-refractivity contribution is 0.354. The topological polar surface area (TPSA) is 107 Å². The van der Waals surface area contributed by atoms with Crippen molar-refractivity contribution in [2.45, 2.75) is 19.4 Å². The van der Waals surface area contributed by atoms with E-state index in [1.54, 1.807) is 18.7 Å². The first-order valence-electron chi connectivity index (χ1n) is 6.22. The van der Waals surface area contributed by atoms with Crippen molar-refractivity contribution in [3.05, 3.63) is 48.0 Å². The lowest BCUT2D eigenvalue weighted by Crippen LogP contribution is -2.14. The first-order chi connectivity index (χ1) is 9.72. The van der Waals surface area contributed by atoms with Crippen LogP contribution >= 0.6 is 0 Å². The summed E-state index contributed by atoms with van der Waals surface area (Å²) in [6, 6.07) is 3.44. The molecule has 0 aromatic carbocycles. The fourth-order valence-electron chi connectivity index (χ4n) is 1.87. The lowest BCUT2D eigenvalue weighted by atomic mass is 10.2. The largest absolute Gasteiger partial charge is 0.348 e. The van der Waals surface area contributed by atoms with Crippen molar-refractivity contribution in [3.63, 3.8) is 0 Å². The Hall–Kier alpha value is -2.54. The average Bonchev–Trinajstić information content (AvgIpc) is 3.09. The molecule has 3 aromatic rings. The number of nitrogens with zero attached hydrogens (tertiary/aromatic N) is 4. The maximum absolute atomic E-state index is 6.04. The van der Waals surface area contributed by atoms with Gasteiger partial charge in [-0.1, -0.05) is 5.16 Å². The first-order valence-corrected chi connectivity index (χ1v) is 6.22. The minimum absolute atomic E-state index is 0.374. The van der Waals surface area contributed by atoms with Crippen molar-refractivity contribution in [3.8, 4) is 11.5 Å². The summed E-state index contributed by atoms with van der Waals surface area (Å²) in [6.45, 7) is 1.98. The molecule has 20 heavy (non-hydrogen) atoms. The smallest absolute Gasteiger partial charge is 0.244 e. The summed E-state index contributed by atoms with van der Waals surface area (Å²) in [5.74, 6) is 0.835. The number of imidazole rings is 1. The molecule has 3 N–H and O–H groups in total. The van der Waals surface area contributed by atoms with Crippen LogP contribution < -0.4 is 5.73 Å². The van der Waals surface area contributed by atoms with Crippen molar-refractivity contribution in [2.75, 3.05) is 0 Å². The van der Waals surface area contributed by atoms with Gasteiger partial charge >= 0.3 is 0 Å². The third-order valence-corrected chi connectivity index (χ3v) is 2.90. The van der Waals surface area contributed by atoms with Crippen LogP contribution in [-0.4, -0.2) is 25.1 Å². The highest BCUT2D eigenvalue weighted by Gasteiger charge is 2.17. The molecule has 0 saturated carbocycles. The molecule has 0 saturated heterocycles. The molecule has 0 spiro atoms. The molecule has 3 rings (SSSR count). The van der Waals surface area contributed by atoms with Crippen LogP contribution in [0.2, 0.25) is 0 Å². The third kappa shape index (κ3) is 2.57. The monoisotopic (exact) mass is 270 g/mol. The SMILES string of the molecule is Cc1ccnc(-c2noc(C(N)Cc3cnc[nH]3)n2)c1. The number of rotatable bonds is 4.